The lowest BCUT2D eigenvalue weighted by Gasteiger charge is -2.24. The minimum atomic E-state index is -0.509. The highest BCUT2D eigenvalue weighted by Gasteiger charge is 2.26. The Morgan fingerprint density at radius 2 is 2.10 bits per heavy atom. The van der Waals surface area contributed by atoms with E-state index < -0.39 is 5.41 Å². The zero-order valence-electron chi connectivity index (χ0n) is 12.0. The fraction of sp³-hybridized carbons (Fsp3) is 0.333. The zero-order valence-corrected chi connectivity index (χ0v) is 12.0. The van der Waals surface area contributed by atoms with Gasteiger partial charge in [-0.05, 0) is 38.1 Å². The summed E-state index contributed by atoms with van der Waals surface area (Å²) in [4.78, 5) is 16.0. The lowest BCUT2D eigenvalue weighted by atomic mass is 9.92. The Morgan fingerprint density at radius 1 is 1.35 bits per heavy atom. The van der Waals surface area contributed by atoms with Gasteiger partial charge in [0.15, 0.2) is 0 Å². The summed E-state index contributed by atoms with van der Waals surface area (Å²) >= 11 is 0. The normalized spacial score (nSPS) is 11.3. The number of fused-ring (bicyclic) bond motifs is 1. The molecule has 1 heterocycles. The molecule has 0 aliphatic carbocycles. The van der Waals surface area contributed by atoms with Crippen LogP contribution in [0.1, 0.15) is 13.8 Å². The topological polar surface area (TPSA) is 80.0 Å². The summed E-state index contributed by atoms with van der Waals surface area (Å²) in [7, 11) is 1.64. The van der Waals surface area contributed by atoms with Gasteiger partial charge in [0, 0.05) is 25.2 Å². The number of amides is 1. The van der Waals surface area contributed by atoms with E-state index in [0.717, 1.165) is 16.6 Å². The Labute approximate surface area is 118 Å². The third-order valence-electron chi connectivity index (χ3n) is 3.39. The second-order valence-corrected chi connectivity index (χ2v) is 5.41. The van der Waals surface area contributed by atoms with Crippen LogP contribution in [-0.4, -0.2) is 24.5 Å². The molecular formula is C15H20N4O. The van der Waals surface area contributed by atoms with Crippen molar-refractivity contribution >= 4 is 28.2 Å². The summed E-state index contributed by atoms with van der Waals surface area (Å²) in [6.07, 6.45) is 1.74. The number of nitrogen functional groups attached to an aromatic ring is 1. The smallest absolute Gasteiger partial charge is 0.227 e. The fourth-order valence-electron chi connectivity index (χ4n) is 2.06. The van der Waals surface area contributed by atoms with E-state index in [0.29, 0.717) is 12.2 Å². The maximum absolute atomic E-state index is 11.8. The largest absolute Gasteiger partial charge is 0.397 e. The van der Waals surface area contributed by atoms with Crippen molar-refractivity contribution in [3.05, 3.63) is 30.5 Å². The van der Waals surface area contributed by atoms with Crippen LogP contribution < -0.4 is 16.4 Å². The number of hydrogen-bond acceptors (Lipinski definition) is 4. The van der Waals surface area contributed by atoms with Gasteiger partial charge in [-0.3, -0.25) is 9.78 Å². The summed E-state index contributed by atoms with van der Waals surface area (Å²) in [5.41, 5.74) is 7.98. The van der Waals surface area contributed by atoms with E-state index in [1.54, 1.807) is 13.2 Å². The zero-order chi connectivity index (χ0) is 14.8. The van der Waals surface area contributed by atoms with Crippen LogP contribution in [0.4, 0.5) is 11.4 Å². The highest BCUT2D eigenvalue weighted by Crippen LogP contribution is 2.28. The number of nitrogens with two attached hydrogens (primary N) is 1. The van der Waals surface area contributed by atoms with E-state index >= 15 is 0 Å². The number of nitrogens with zero attached hydrogens (tertiary/aromatic N) is 1. The Balaban J connectivity index is 2.23. The van der Waals surface area contributed by atoms with Crippen molar-refractivity contribution in [2.24, 2.45) is 5.41 Å². The quantitative estimate of drug-likeness (QED) is 0.744. The van der Waals surface area contributed by atoms with Crippen LogP contribution >= 0.6 is 0 Å². The molecule has 0 spiro atoms. The van der Waals surface area contributed by atoms with Crippen LogP contribution in [-0.2, 0) is 4.79 Å². The maximum atomic E-state index is 11.8. The molecule has 2 rings (SSSR count). The van der Waals surface area contributed by atoms with Gasteiger partial charge in [-0.1, -0.05) is 0 Å². The first-order valence-corrected chi connectivity index (χ1v) is 6.55. The Hall–Kier alpha value is -2.30. The van der Waals surface area contributed by atoms with Crippen molar-refractivity contribution in [3.63, 3.8) is 0 Å². The number of nitrogens with one attached hydrogen (secondary N) is 2. The molecule has 0 saturated heterocycles. The minimum absolute atomic E-state index is 0.00831. The molecule has 20 heavy (non-hydrogen) atoms. The number of carbonyl (C=O) groups is 1. The van der Waals surface area contributed by atoms with Gasteiger partial charge in [-0.25, -0.2) is 0 Å². The Morgan fingerprint density at radius 3 is 2.80 bits per heavy atom. The average Bonchev–Trinajstić information content (AvgIpc) is 2.46. The molecular weight excluding hydrogens is 252 g/mol. The Kier molecular flexibility index (Phi) is 3.79. The molecule has 1 aromatic heterocycles. The van der Waals surface area contributed by atoms with Crippen molar-refractivity contribution in [2.75, 3.05) is 24.6 Å². The predicted molar refractivity (Wildman–Crippen MR) is 82.5 cm³/mol. The van der Waals surface area contributed by atoms with Gasteiger partial charge in [0.2, 0.25) is 5.91 Å². The molecule has 1 amide bonds. The van der Waals surface area contributed by atoms with Crippen LogP contribution in [0.15, 0.2) is 30.5 Å². The minimum Gasteiger partial charge on any atom is -0.397 e. The number of hydrogen-bond donors (Lipinski definition) is 3. The lowest BCUT2D eigenvalue weighted by molar-refractivity contribution is -0.128. The van der Waals surface area contributed by atoms with E-state index in [1.807, 2.05) is 38.1 Å². The van der Waals surface area contributed by atoms with Crippen molar-refractivity contribution < 1.29 is 4.79 Å². The molecule has 0 fully saturated rings. The first-order chi connectivity index (χ1) is 9.45. The van der Waals surface area contributed by atoms with E-state index in [4.69, 9.17) is 5.73 Å². The third-order valence-corrected chi connectivity index (χ3v) is 3.39. The second kappa shape index (κ2) is 5.36. The summed E-state index contributed by atoms with van der Waals surface area (Å²) in [6.45, 7) is 4.28. The number of carbonyl (C=O) groups excluding carboxylic acids is 1. The Bertz CT molecular complexity index is 637. The standard InChI is InChI=1S/C15H20N4O/c1-15(2,14(20)17-3)9-19-12-7-6-11-10(13(12)16)5-4-8-18-11/h4-8,19H,9,16H2,1-3H3,(H,17,20). The maximum Gasteiger partial charge on any atom is 0.227 e. The van der Waals surface area contributed by atoms with Gasteiger partial charge in [0.1, 0.15) is 0 Å². The SMILES string of the molecule is CNC(=O)C(C)(C)CNc1ccc2ncccc2c1N. The number of pyridine rings is 1. The van der Waals surface area contributed by atoms with Gasteiger partial charge in [0.25, 0.3) is 0 Å². The first kappa shape index (κ1) is 14.1. The van der Waals surface area contributed by atoms with E-state index in [9.17, 15) is 4.79 Å². The molecule has 0 radical (unpaired) electrons. The molecule has 5 heteroatoms. The second-order valence-electron chi connectivity index (χ2n) is 5.41. The molecule has 106 valence electrons. The van der Waals surface area contributed by atoms with Gasteiger partial charge in [-0.2, -0.15) is 0 Å². The highest BCUT2D eigenvalue weighted by atomic mass is 16.2. The molecule has 2 aromatic rings. The molecule has 0 atom stereocenters. The van der Waals surface area contributed by atoms with Crippen molar-refractivity contribution in [3.8, 4) is 0 Å². The van der Waals surface area contributed by atoms with Crippen molar-refractivity contribution in [1.29, 1.82) is 0 Å². The summed E-state index contributed by atoms with van der Waals surface area (Å²) < 4.78 is 0. The molecule has 0 unspecified atom stereocenters. The molecule has 4 N–H and O–H groups in total. The van der Waals surface area contributed by atoms with E-state index in [1.165, 1.54) is 0 Å². The summed E-state index contributed by atoms with van der Waals surface area (Å²) in [5.74, 6) is -0.00831. The predicted octanol–water partition coefficient (Wildman–Crippen LogP) is 2.00. The van der Waals surface area contributed by atoms with Crippen LogP contribution in [0.2, 0.25) is 0 Å². The highest BCUT2D eigenvalue weighted by molar-refractivity contribution is 5.97. The molecule has 5 nitrogen and oxygen atoms in total. The summed E-state index contributed by atoms with van der Waals surface area (Å²) in [5, 5.41) is 6.82. The summed E-state index contributed by atoms with van der Waals surface area (Å²) in [6, 6.07) is 7.61. The van der Waals surface area contributed by atoms with Gasteiger partial charge < -0.3 is 16.4 Å². The first-order valence-electron chi connectivity index (χ1n) is 6.55. The number of anilines is 2. The van der Waals surface area contributed by atoms with E-state index in [-0.39, 0.29) is 5.91 Å². The van der Waals surface area contributed by atoms with Crippen LogP contribution in [0, 0.1) is 5.41 Å². The van der Waals surface area contributed by atoms with Crippen LogP contribution in [0.25, 0.3) is 10.9 Å². The fourth-order valence-corrected chi connectivity index (χ4v) is 2.06. The van der Waals surface area contributed by atoms with Crippen molar-refractivity contribution in [1.82, 2.24) is 10.3 Å². The van der Waals surface area contributed by atoms with Crippen molar-refractivity contribution in [2.45, 2.75) is 13.8 Å². The molecule has 0 bridgehead atoms. The van der Waals surface area contributed by atoms with Gasteiger partial charge in [0.05, 0.1) is 22.3 Å². The molecule has 0 aliphatic rings. The van der Waals surface area contributed by atoms with Gasteiger partial charge >= 0.3 is 0 Å². The van der Waals surface area contributed by atoms with E-state index in [2.05, 4.69) is 15.6 Å². The van der Waals surface area contributed by atoms with Crippen LogP contribution in [0.5, 0.6) is 0 Å². The number of benzene rings is 1. The van der Waals surface area contributed by atoms with Gasteiger partial charge in [-0.15, -0.1) is 0 Å². The lowest BCUT2D eigenvalue weighted by Crippen LogP contribution is -2.39. The van der Waals surface area contributed by atoms with Crippen LogP contribution in [0.3, 0.4) is 0 Å². The molecule has 1 aromatic carbocycles. The molecule has 0 saturated carbocycles. The number of rotatable bonds is 4. The third kappa shape index (κ3) is 2.66. The monoisotopic (exact) mass is 272 g/mol. The average molecular weight is 272 g/mol. The number of aromatic nitrogens is 1. The molecule has 0 aliphatic heterocycles.